The zero-order valence-electron chi connectivity index (χ0n) is 11.1. The lowest BCUT2D eigenvalue weighted by molar-refractivity contribution is 0.143. The van der Waals surface area contributed by atoms with Crippen molar-refractivity contribution in [2.45, 2.75) is 32.9 Å². The Morgan fingerprint density at radius 1 is 1.53 bits per heavy atom. The molecule has 0 amide bonds. The standard InChI is InChI=1S/C14H23N3/c1-11-5-4-7-16-14(11)10-17-8-6-13(15-3)12(2)9-17/h4-5,7,12-13,15H,6,8-10H2,1-3H3. The molecule has 1 N–H and O–H groups in total. The van der Waals surface area contributed by atoms with E-state index in [1.165, 1.54) is 30.8 Å². The van der Waals surface area contributed by atoms with E-state index in [9.17, 15) is 0 Å². The minimum absolute atomic E-state index is 0.677. The number of hydrogen-bond donors (Lipinski definition) is 1. The van der Waals surface area contributed by atoms with Crippen molar-refractivity contribution in [2.24, 2.45) is 5.92 Å². The number of rotatable bonds is 3. The fraction of sp³-hybridized carbons (Fsp3) is 0.643. The smallest absolute Gasteiger partial charge is 0.0573 e. The van der Waals surface area contributed by atoms with Gasteiger partial charge in [-0.25, -0.2) is 0 Å². The van der Waals surface area contributed by atoms with E-state index in [0.717, 1.165) is 12.5 Å². The van der Waals surface area contributed by atoms with Crippen LogP contribution in [0, 0.1) is 12.8 Å². The summed E-state index contributed by atoms with van der Waals surface area (Å²) < 4.78 is 0. The molecule has 0 saturated carbocycles. The zero-order chi connectivity index (χ0) is 12.3. The predicted molar refractivity (Wildman–Crippen MR) is 70.9 cm³/mol. The lowest BCUT2D eigenvalue weighted by Gasteiger charge is -2.36. The minimum atomic E-state index is 0.677. The average molecular weight is 233 g/mol. The van der Waals surface area contributed by atoms with Gasteiger partial charge in [-0.15, -0.1) is 0 Å². The molecular weight excluding hydrogens is 210 g/mol. The molecule has 1 fully saturated rings. The molecule has 0 bridgehead atoms. The Balaban J connectivity index is 1.95. The topological polar surface area (TPSA) is 28.2 Å². The average Bonchev–Trinajstić information content (AvgIpc) is 2.32. The number of nitrogens with zero attached hydrogens (tertiary/aromatic N) is 2. The van der Waals surface area contributed by atoms with Crippen LogP contribution in [0.5, 0.6) is 0 Å². The van der Waals surface area contributed by atoms with E-state index in [0.29, 0.717) is 6.04 Å². The van der Waals surface area contributed by atoms with E-state index >= 15 is 0 Å². The summed E-state index contributed by atoms with van der Waals surface area (Å²) >= 11 is 0. The SMILES string of the molecule is CNC1CCN(Cc2ncccc2C)CC1C. The van der Waals surface area contributed by atoms with Gasteiger partial charge in [0, 0.05) is 31.9 Å². The van der Waals surface area contributed by atoms with Crippen LogP contribution in [0.15, 0.2) is 18.3 Å². The third-order valence-electron chi connectivity index (χ3n) is 3.85. The van der Waals surface area contributed by atoms with Crippen molar-refractivity contribution in [3.8, 4) is 0 Å². The summed E-state index contributed by atoms with van der Waals surface area (Å²) in [6.07, 6.45) is 3.13. The van der Waals surface area contributed by atoms with Gasteiger partial charge in [0.1, 0.15) is 0 Å². The first kappa shape index (κ1) is 12.5. The maximum absolute atomic E-state index is 4.48. The van der Waals surface area contributed by atoms with Crippen LogP contribution in [0.25, 0.3) is 0 Å². The van der Waals surface area contributed by atoms with Gasteiger partial charge in [0.25, 0.3) is 0 Å². The van der Waals surface area contributed by atoms with Crippen molar-refractivity contribution in [3.05, 3.63) is 29.6 Å². The van der Waals surface area contributed by atoms with Gasteiger partial charge in [0.05, 0.1) is 5.69 Å². The first-order chi connectivity index (χ1) is 8.20. The molecule has 0 radical (unpaired) electrons. The number of likely N-dealkylation sites (tertiary alicyclic amines) is 1. The van der Waals surface area contributed by atoms with Gasteiger partial charge >= 0.3 is 0 Å². The molecule has 94 valence electrons. The van der Waals surface area contributed by atoms with Crippen molar-refractivity contribution in [1.82, 2.24) is 15.2 Å². The first-order valence-electron chi connectivity index (χ1n) is 6.51. The molecule has 2 heterocycles. The number of nitrogens with one attached hydrogen (secondary N) is 1. The molecule has 2 atom stereocenters. The molecule has 2 unspecified atom stereocenters. The molecule has 3 heteroatoms. The van der Waals surface area contributed by atoms with Crippen molar-refractivity contribution in [3.63, 3.8) is 0 Å². The summed E-state index contributed by atoms with van der Waals surface area (Å²) in [6, 6.07) is 4.83. The van der Waals surface area contributed by atoms with E-state index in [4.69, 9.17) is 0 Å². The van der Waals surface area contributed by atoms with Crippen LogP contribution in [0.1, 0.15) is 24.6 Å². The molecule has 1 saturated heterocycles. The van der Waals surface area contributed by atoms with Crippen molar-refractivity contribution < 1.29 is 0 Å². The summed E-state index contributed by atoms with van der Waals surface area (Å²) in [5.74, 6) is 0.720. The fourth-order valence-corrected chi connectivity index (χ4v) is 2.70. The highest BCUT2D eigenvalue weighted by Crippen LogP contribution is 2.18. The summed E-state index contributed by atoms with van der Waals surface area (Å²) in [4.78, 5) is 7.00. The van der Waals surface area contributed by atoms with Crippen molar-refractivity contribution in [2.75, 3.05) is 20.1 Å². The Bertz CT molecular complexity index is 364. The van der Waals surface area contributed by atoms with Gasteiger partial charge in [-0.3, -0.25) is 9.88 Å². The van der Waals surface area contributed by atoms with E-state index in [-0.39, 0.29) is 0 Å². The Morgan fingerprint density at radius 3 is 3.00 bits per heavy atom. The summed E-state index contributed by atoms with van der Waals surface area (Å²) in [5, 5.41) is 3.41. The second-order valence-electron chi connectivity index (χ2n) is 5.16. The van der Waals surface area contributed by atoms with Crippen LogP contribution in [0.4, 0.5) is 0 Å². The maximum atomic E-state index is 4.48. The normalized spacial score (nSPS) is 26.1. The highest BCUT2D eigenvalue weighted by molar-refractivity contribution is 5.17. The molecule has 0 spiro atoms. The maximum Gasteiger partial charge on any atom is 0.0573 e. The molecule has 1 aromatic rings. The van der Waals surface area contributed by atoms with Gasteiger partial charge in [-0.05, 0) is 37.9 Å². The number of piperidine rings is 1. The van der Waals surface area contributed by atoms with E-state index in [1.807, 2.05) is 12.3 Å². The molecule has 0 aliphatic carbocycles. The molecular formula is C14H23N3. The molecule has 1 aromatic heterocycles. The van der Waals surface area contributed by atoms with Crippen molar-refractivity contribution >= 4 is 0 Å². The Hall–Kier alpha value is -0.930. The van der Waals surface area contributed by atoms with Crippen molar-refractivity contribution in [1.29, 1.82) is 0 Å². The molecule has 3 nitrogen and oxygen atoms in total. The van der Waals surface area contributed by atoms with Crippen LogP contribution in [0.3, 0.4) is 0 Å². The molecule has 2 rings (SSSR count). The summed E-state index contributed by atoms with van der Waals surface area (Å²) in [5.41, 5.74) is 2.53. The van der Waals surface area contributed by atoms with Crippen LogP contribution in [-0.2, 0) is 6.54 Å². The monoisotopic (exact) mass is 233 g/mol. The third-order valence-corrected chi connectivity index (χ3v) is 3.85. The van der Waals surface area contributed by atoms with Crippen LogP contribution in [-0.4, -0.2) is 36.1 Å². The van der Waals surface area contributed by atoms with Gasteiger partial charge in [0.2, 0.25) is 0 Å². The fourth-order valence-electron chi connectivity index (χ4n) is 2.70. The van der Waals surface area contributed by atoms with Crippen LogP contribution >= 0.6 is 0 Å². The third kappa shape index (κ3) is 3.05. The van der Waals surface area contributed by atoms with E-state index < -0.39 is 0 Å². The van der Waals surface area contributed by atoms with E-state index in [1.54, 1.807) is 0 Å². The van der Waals surface area contributed by atoms with Gasteiger partial charge in [-0.2, -0.15) is 0 Å². The lowest BCUT2D eigenvalue weighted by Crippen LogP contribution is -2.46. The second-order valence-corrected chi connectivity index (χ2v) is 5.16. The summed E-state index contributed by atoms with van der Waals surface area (Å²) in [6.45, 7) is 7.81. The number of pyridine rings is 1. The first-order valence-corrected chi connectivity index (χ1v) is 6.51. The summed E-state index contributed by atoms with van der Waals surface area (Å²) in [7, 11) is 2.07. The minimum Gasteiger partial charge on any atom is -0.317 e. The quantitative estimate of drug-likeness (QED) is 0.863. The Morgan fingerprint density at radius 2 is 2.35 bits per heavy atom. The van der Waals surface area contributed by atoms with Gasteiger partial charge in [0.15, 0.2) is 0 Å². The highest BCUT2D eigenvalue weighted by Gasteiger charge is 2.24. The molecule has 17 heavy (non-hydrogen) atoms. The van der Waals surface area contributed by atoms with E-state index in [2.05, 4.69) is 42.2 Å². The van der Waals surface area contributed by atoms with Crippen LogP contribution < -0.4 is 5.32 Å². The van der Waals surface area contributed by atoms with Crippen LogP contribution in [0.2, 0.25) is 0 Å². The molecule has 1 aliphatic heterocycles. The predicted octanol–water partition coefficient (Wildman–Crippen LogP) is 1.82. The molecule has 0 aromatic carbocycles. The van der Waals surface area contributed by atoms with Gasteiger partial charge in [-0.1, -0.05) is 13.0 Å². The zero-order valence-corrected chi connectivity index (χ0v) is 11.1. The highest BCUT2D eigenvalue weighted by atomic mass is 15.2. The Labute approximate surface area is 104 Å². The number of aryl methyl sites for hydroxylation is 1. The number of aromatic nitrogens is 1. The second kappa shape index (κ2) is 5.61. The Kier molecular flexibility index (Phi) is 4.13. The number of hydrogen-bond acceptors (Lipinski definition) is 3. The largest absolute Gasteiger partial charge is 0.317 e. The molecule has 1 aliphatic rings. The lowest BCUT2D eigenvalue weighted by atomic mass is 9.94. The van der Waals surface area contributed by atoms with Gasteiger partial charge < -0.3 is 5.32 Å².